The average Bonchev–Trinajstić information content (AvgIpc) is 2.76. The van der Waals surface area contributed by atoms with Gasteiger partial charge in [0, 0.05) is 29.2 Å². The zero-order valence-corrected chi connectivity index (χ0v) is 11.3. The Labute approximate surface area is 112 Å². The number of hydrogen-bond acceptors (Lipinski definition) is 2. The molecule has 0 radical (unpaired) electrons. The highest BCUT2D eigenvalue weighted by molar-refractivity contribution is 6.07. The number of ketones is 1. The molecule has 0 atom stereocenters. The van der Waals surface area contributed by atoms with Crippen molar-refractivity contribution in [3.8, 4) is 0 Å². The molecule has 100 valence electrons. The van der Waals surface area contributed by atoms with E-state index < -0.39 is 0 Å². The highest BCUT2D eigenvalue weighted by Gasteiger charge is 2.12. The molecule has 0 saturated carbocycles. The average molecular weight is 258 g/mol. The molecule has 1 aromatic carbocycles. The minimum atomic E-state index is -0.0299. The van der Waals surface area contributed by atoms with Gasteiger partial charge in [-0.1, -0.05) is 25.1 Å². The number of amides is 1. The first-order valence-electron chi connectivity index (χ1n) is 6.49. The van der Waals surface area contributed by atoms with Crippen LogP contribution in [0.5, 0.6) is 0 Å². The summed E-state index contributed by atoms with van der Waals surface area (Å²) in [5, 5.41) is 3.74. The number of carbonyl (C=O) groups excluding carboxylic acids is 2. The summed E-state index contributed by atoms with van der Waals surface area (Å²) in [6.07, 6.45) is 2.68. The van der Waals surface area contributed by atoms with Gasteiger partial charge in [-0.2, -0.15) is 0 Å². The predicted molar refractivity (Wildman–Crippen MR) is 75.2 cm³/mol. The molecular formula is C15H18N2O2. The molecule has 0 aliphatic heterocycles. The summed E-state index contributed by atoms with van der Waals surface area (Å²) < 4.78 is 1.83. The molecule has 1 aromatic heterocycles. The molecule has 4 nitrogen and oxygen atoms in total. The number of nitrogens with one attached hydrogen (secondary N) is 1. The van der Waals surface area contributed by atoms with Gasteiger partial charge in [0.1, 0.15) is 6.54 Å². The van der Waals surface area contributed by atoms with E-state index in [1.54, 1.807) is 13.1 Å². The molecule has 1 N–H and O–H groups in total. The monoisotopic (exact) mass is 258 g/mol. The lowest BCUT2D eigenvalue weighted by molar-refractivity contribution is -0.121. The second-order valence-corrected chi connectivity index (χ2v) is 4.59. The lowest BCUT2D eigenvalue weighted by Crippen LogP contribution is -2.27. The normalized spacial score (nSPS) is 10.6. The first-order valence-corrected chi connectivity index (χ1v) is 6.49. The summed E-state index contributed by atoms with van der Waals surface area (Å²) in [4.78, 5) is 23.4. The third-order valence-corrected chi connectivity index (χ3v) is 3.05. The molecule has 2 rings (SSSR count). The molecule has 2 aromatic rings. The first kappa shape index (κ1) is 13.3. The van der Waals surface area contributed by atoms with E-state index in [0.29, 0.717) is 12.1 Å². The topological polar surface area (TPSA) is 51.1 Å². The lowest BCUT2D eigenvalue weighted by Gasteiger charge is -2.06. The Morgan fingerprint density at radius 3 is 2.68 bits per heavy atom. The van der Waals surface area contributed by atoms with Gasteiger partial charge in [-0.05, 0) is 19.4 Å². The molecule has 0 unspecified atom stereocenters. The van der Waals surface area contributed by atoms with Crippen molar-refractivity contribution in [1.82, 2.24) is 9.88 Å². The summed E-state index contributed by atoms with van der Waals surface area (Å²) in [7, 11) is 0. The zero-order chi connectivity index (χ0) is 13.8. The molecule has 0 fully saturated rings. The molecule has 0 spiro atoms. The van der Waals surface area contributed by atoms with Crippen LogP contribution in [0.3, 0.4) is 0 Å². The quantitative estimate of drug-likeness (QED) is 0.837. The molecule has 19 heavy (non-hydrogen) atoms. The van der Waals surface area contributed by atoms with Gasteiger partial charge in [-0.3, -0.25) is 9.59 Å². The first-order chi connectivity index (χ1) is 9.13. The van der Waals surface area contributed by atoms with Crippen LogP contribution in [0.4, 0.5) is 0 Å². The van der Waals surface area contributed by atoms with E-state index in [9.17, 15) is 9.59 Å². The Morgan fingerprint density at radius 1 is 1.26 bits per heavy atom. The highest BCUT2D eigenvalue weighted by Crippen LogP contribution is 2.21. The smallest absolute Gasteiger partial charge is 0.239 e. The van der Waals surface area contributed by atoms with Crippen LogP contribution in [-0.2, 0) is 11.3 Å². The molecule has 0 aliphatic carbocycles. The Kier molecular flexibility index (Phi) is 4.00. The lowest BCUT2D eigenvalue weighted by atomic mass is 10.1. The number of nitrogens with zero attached hydrogens (tertiary/aromatic N) is 1. The molecule has 4 heteroatoms. The Morgan fingerprint density at radius 2 is 2.00 bits per heavy atom. The fourth-order valence-electron chi connectivity index (χ4n) is 2.13. The maximum atomic E-state index is 11.8. The van der Waals surface area contributed by atoms with Gasteiger partial charge in [0.2, 0.25) is 5.91 Å². The van der Waals surface area contributed by atoms with Crippen molar-refractivity contribution >= 4 is 22.6 Å². The maximum Gasteiger partial charge on any atom is 0.239 e. The summed E-state index contributed by atoms with van der Waals surface area (Å²) in [6.45, 7) is 4.48. The van der Waals surface area contributed by atoms with Crippen LogP contribution in [-0.4, -0.2) is 22.8 Å². The van der Waals surface area contributed by atoms with Crippen molar-refractivity contribution in [2.24, 2.45) is 0 Å². The van der Waals surface area contributed by atoms with E-state index in [2.05, 4.69) is 5.32 Å². The number of rotatable bonds is 5. The van der Waals surface area contributed by atoms with Crippen molar-refractivity contribution in [2.45, 2.75) is 26.8 Å². The van der Waals surface area contributed by atoms with Gasteiger partial charge in [0.15, 0.2) is 5.78 Å². The maximum absolute atomic E-state index is 11.8. The fourth-order valence-corrected chi connectivity index (χ4v) is 2.13. The molecule has 0 aliphatic rings. The third-order valence-electron chi connectivity index (χ3n) is 3.05. The Balaban J connectivity index is 2.33. The SMILES string of the molecule is CCCNC(=O)Cn1cc(C(C)=O)c2ccccc21. The van der Waals surface area contributed by atoms with Crippen LogP contribution < -0.4 is 5.32 Å². The van der Waals surface area contributed by atoms with Gasteiger partial charge < -0.3 is 9.88 Å². The molecule has 1 amide bonds. The number of fused-ring (bicyclic) bond motifs is 1. The minimum absolute atomic E-state index is 0.0175. The van der Waals surface area contributed by atoms with Gasteiger partial charge in [-0.15, -0.1) is 0 Å². The zero-order valence-electron chi connectivity index (χ0n) is 11.3. The summed E-state index contributed by atoms with van der Waals surface area (Å²) in [6, 6.07) is 7.64. The number of hydrogen-bond donors (Lipinski definition) is 1. The molecule has 0 saturated heterocycles. The van der Waals surface area contributed by atoms with Crippen molar-refractivity contribution < 1.29 is 9.59 Å². The fraction of sp³-hybridized carbons (Fsp3) is 0.333. The predicted octanol–water partition coefficient (Wildman–Crippen LogP) is 2.37. The van der Waals surface area contributed by atoms with E-state index in [-0.39, 0.29) is 18.2 Å². The highest BCUT2D eigenvalue weighted by atomic mass is 16.2. The second-order valence-electron chi connectivity index (χ2n) is 4.59. The molecular weight excluding hydrogens is 240 g/mol. The number of benzene rings is 1. The van der Waals surface area contributed by atoms with E-state index >= 15 is 0 Å². The number of Topliss-reactive ketones (excluding diaryl/α,β-unsaturated/α-hetero) is 1. The van der Waals surface area contributed by atoms with Crippen LogP contribution in [0, 0.1) is 0 Å². The van der Waals surface area contributed by atoms with Gasteiger partial charge in [-0.25, -0.2) is 0 Å². The van der Waals surface area contributed by atoms with Crippen LogP contribution in [0.2, 0.25) is 0 Å². The molecule has 1 heterocycles. The van der Waals surface area contributed by atoms with Gasteiger partial charge in [0.25, 0.3) is 0 Å². The van der Waals surface area contributed by atoms with Crippen molar-refractivity contribution in [2.75, 3.05) is 6.54 Å². The second kappa shape index (κ2) is 5.69. The van der Waals surface area contributed by atoms with Crippen LogP contribution >= 0.6 is 0 Å². The number of para-hydroxylation sites is 1. The van der Waals surface area contributed by atoms with Gasteiger partial charge >= 0.3 is 0 Å². The van der Waals surface area contributed by atoms with Crippen LogP contribution in [0.15, 0.2) is 30.5 Å². The number of aromatic nitrogens is 1. The minimum Gasteiger partial charge on any atom is -0.355 e. The van der Waals surface area contributed by atoms with Crippen LogP contribution in [0.1, 0.15) is 30.6 Å². The van der Waals surface area contributed by atoms with Crippen LogP contribution in [0.25, 0.3) is 10.9 Å². The van der Waals surface area contributed by atoms with E-state index in [0.717, 1.165) is 17.3 Å². The van der Waals surface area contributed by atoms with Crippen molar-refractivity contribution in [3.63, 3.8) is 0 Å². The summed E-state index contributed by atoms with van der Waals surface area (Å²) in [5.41, 5.74) is 1.58. The van der Waals surface area contributed by atoms with E-state index in [4.69, 9.17) is 0 Å². The van der Waals surface area contributed by atoms with Crippen molar-refractivity contribution in [1.29, 1.82) is 0 Å². The number of carbonyl (C=O) groups is 2. The van der Waals surface area contributed by atoms with E-state index in [1.807, 2.05) is 35.8 Å². The summed E-state index contributed by atoms with van der Waals surface area (Å²) >= 11 is 0. The van der Waals surface area contributed by atoms with E-state index in [1.165, 1.54) is 0 Å². The summed E-state index contributed by atoms with van der Waals surface area (Å²) in [5.74, 6) is -0.0124. The largest absolute Gasteiger partial charge is 0.355 e. The molecule has 0 bridgehead atoms. The van der Waals surface area contributed by atoms with Gasteiger partial charge in [0.05, 0.1) is 0 Å². The third kappa shape index (κ3) is 2.84. The Hall–Kier alpha value is -2.10. The standard InChI is InChI=1S/C15H18N2O2/c1-3-8-16-15(19)10-17-9-13(11(2)18)12-6-4-5-7-14(12)17/h4-7,9H,3,8,10H2,1-2H3,(H,16,19). The van der Waals surface area contributed by atoms with Crippen molar-refractivity contribution in [3.05, 3.63) is 36.0 Å². The Bertz CT molecular complexity index is 614.